The number of methoxy groups -OCH3 is 1. The zero-order valence-corrected chi connectivity index (χ0v) is 9.34. The predicted molar refractivity (Wildman–Crippen MR) is 58.2 cm³/mol. The molecule has 13 heavy (non-hydrogen) atoms. The fourth-order valence-electron chi connectivity index (χ4n) is 0.994. The SMILES string of the molecule is COc1c(Cl)cc(Cl)cc1CN.Cl. The average Bonchev–Trinajstić information content (AvgIpc) is 2.03. The molecule has 0 radical (unpaired) electrons. The summed E-state index contributed by atoms with van der Waals surface area (Å²) in [6, 6.07) is 3.37. The summed E-state index contributed by atoms with van der Waals surface area (Å²) in [5.41, 5.74) is 6.28. The van der Waals surface area contributed by atoms with Crippen LogP contribution in [-0.4, -0.2) is 7.11 Å². The quantitative estimate of drug-likeness (QED) is 0.865. The first kappa shape index (κ1) is 12.8. The third kappa shape index (κ3) is 2.92. The molecule has 0 fully saturated rings. The summed E-state index contributed by atoms with van der Waals surface area (Å²) >= 11 is 11.6. The number of rotatable bonds is 2. The number of hydrogen-bond donors (Lipinski definition) is 1. The van der Waals surface area contributed by atoms with E-state index < -0.39 is 0 Å². The van der Waals surface area contributed by atoms with E-state index in [4.69, 9.17) is 33.7 Å². The molecule has 0 saturated carbocycles. The second kappa shape index (κ2) is 5.55. The van der Waals surface area contributed by atoms with E-state index >= 15 is 0 Å². The van der Waals surface area contributed by atoms with Crippen LogP contribution in [0.3, 0.4) is 0 Å². The topological polar surface area (TPSA) is 35.2 Å². The zero-order chi connectivity index (χ0) is 9.14. The molecule has 2 N–H and O–H groups in total. The summed E-state index contributed by atoms with van der Waals surface area (Å²) in [4.78, 5) is 0. The van der Waals surface area contributed by atoms with E-state index in [9.17, 15) is 0 Å². The number of benzene rings is 1. The lowest BCUT2D eigenvalue weighted by atomic mass is 10.2. The molecule has 0 unspecified atom stereocenters. The molecule has 0 aliphatic carbocycles. The van der Waals surface area contributed by atoms with Crippen molar-refractivity contribution in [2.75, 3.05) is 7.11 Å². The van der Waals surface area contributed by atoms with Crippen LogP contribution >= 0.6 is 35.6 Å². The van der Waals surface area contributed by atoms with Gasteiger partial charge in [-0.05, 0) is 12.1 Å². The lowest BCUT2D eigenvalue weighted by Crippen LogP contribution is -2.00. The molecule has 0 amide bonds. The summed E-state index contributed by atoms with van der Waals surface area (Å²) in [6.07, 6.45) is 0. The van der Waals surface area contributed by atoms with E-state index in [1.807, 2.05) is 0 Å². The molecular weight excluding hydrogens is 232 g/mol. The van der Waals surface area contributed by atoms with Gasteiger partial charge in [0.15, 0.2) is 0 Å². The molecule has 0 aliphatic rings. The van der Waals surface area contributed by atoms with Crippen molar-refractivity contribution in [2.24, 2.45) is 5.73 Å². The van der Waals surface area contributed by atoms with Crippen LogP contribution in [-0.2, 0) is 6.54 Å². The second-order valence-corrected chi connectivity index (χ2v) is 3.13. The van der Waals surface area contributed by atoms with Crippen molar-refractivity contribution in [3.63, 3.8) is 0 Å². The van der Waals surface area contributed by atoms with E-state index in [0.29, 0.717) is 22.3 Å². The highest BCUT2D eigenvalue weighted by molar-refractivity contribution is 6.35. The van der Waals surface area contributed by atoms with Crippen molar-refractivity contribution in [1.82, 2.24) is 0 Å². The minimum absolute atomic E-state index is 0. The molecule has 2 nitrogen and oxygen atoms in total. The smallest absolute Gasteiger partial charge is 0.142 e. The Balaban J connectivity index is 0.00000144. The van der Waals surface area contributed by atoms with E-state index in [1.165, 1.54) is 0 Å². The van der Waals surface area contributed by atoms with Crippen molar-refractivity contribution >= 4 is 35.6 Å². The van der Waals surface area contributed by atoms with E-state index in [0.717, 1.165) is 5.56 Å². The normalized spacial score (nSPS) is 9.23. The van der Waals surface area contributed by atoms with Gasteiger partial charge in [0.1, 0.15) is 5.75 Å². The van der Waals surface area contributed by atoms with Gasteiger partial charge < -0.3 is 10.5 Å². The molecule has 1 aromatic carbocycles. The van der Waals surface area contributed by atoms with E-state index in [-0.39, 0.29) is 12.4 Å². The summed E-state index contributed by atoms with van der Waals surface area (Å²) in [7, 11) is 1.55. The molecule has 1 rings (SSSR count). The van der Waals surface area contributed by atoms with Gasteiger partial charge in [0.05, 0.1) is 12.1 Å². The van der Waals surface area contributed by atoms with Gasteiger partial charge >= 0.3 is 0 Å². The maximum atomic E-state index is 5.85. The van der Waals surface area contributed by atoms with Gasteiger partial charge in [0, 0.05) is 17.1 Å². The van der Waals surface area contributed by atoms with Gasteiger partial charge in [-0.15, -0.1) is 12.4 Å². The van der Waals surface area contributed by atoms with Crippen LogP contribution in [0, 0.1) is 0 Å². The molecule has 5 heteroatoms. The highest BCUT2D eigenvalue weighted by Crippen LogP contribution is 2.31. The molecule has 0 aromatic heterocycles. The highest BCUT2D eigenvalue weighted by Gasteiger charge is 2.07. The number of hydrogen-bond acceptors (Lipinski definition) is 2. The summed E-state index contributed by atoms with van der Waals surface area (Å²) < 4.78 is 5.05. The van der Waals surface area contributed by atoms with Crippen molar-refractivity contribution in [3.05, 3.63) is 27.7 Å². The number of halogens is 3. The van der Waals surface area contributed by atoms with Crippen molar-refractivity contribution in [3.8, 4) is 5.75 Å². The van der Waals surface area contributed by atoms with Gasteiger partial charge in [-0.1, -0.05) is 23.2 Å². The molecule has 74 valence electrons. The van der Waals surface area contributed by atoms with Crippen LogP contribution in [0.25, 0.3) is 0 Å². The minimum atomic E-state index is 0. The Hall–Kier alpha value is -0.150. The molecule has 0 atom stereocenters. The lowest BCUT2D eigenvalue weighted by Gasteiger charge is -2.08. The third-order valence-corrected chi connectivity index (χ3v) is 2.01. The summed E-state index contributed by atoms with van der Waals surface area (Å²) in [6.45, 7) is 0.365. The number of ether oxygens (including phenoxy) is 1. The van der Waals surface area contributed by atoms with Crippen molar-refractivity contribution in [1.29, 1.82) is 0 Å². The van der Waals surface area contributed by atoms with Crippen molar-refractivity contribution in [2.45, 2.75) is 6.54 Å². The standard InChI is InChI=1S/C8H9Cl2NO.ClH/c1-12-8-5(4-11)2-6(9)3-7(8)10;/h2-3H,4,11H2,1H3;1H. The van der Waals surface area contributed by atoms with Crippen LogP contribution in [0.15, 0.2) is 12.1 Å². The Morgan fingerprint density at radius 3 is 2.46 bits per heavy atom. The van der Waals surface area contributed by atoms with Gasteiger partial charge in [-0.2, -0.15) is 0 Å². The fourth-order valence-corrected chi connectivity index (χ4v) is 1.61. The second-order valence-electron chi connectivity index (χ2n) is 2.28. The van der Waals surface area contributed by atoms with E-state index in [1.54, 1.807) is 19.2 Å². The first-order chi connectivity index (χ1) is 5.69. The van der Waals surface area contributed by atoms with Crippen LogP contribution in [0.2, 0.25) is 10.0 Å². The summed E-state index contributed by atoms with van der Waals surface area (Å²) in [5.74, 6) is 0.601. The molecule has 0 bridgehead atoms. The van der Waals surface area contributed by atoms with Gasteiger partial charge in [-0.3, -0.25) is 0 Å². The lowest BCUT2D eigenvalue weighted by molar-refractivity contribution is 0.410. The molecular formula is C8H10Cl3NO. The molecule has 0 aliphatic heterocycles. The Labute approximate surface area is 93.4 Å². The van der Waals surface area contributed by atoms with Crippen molar-refractivity contribution < 1.29 is 4.74 Å². The molecule has 0 saturated heterocycles. The average molecular weight is 243 g/mol. The Morgan fingerprint density at radius 1 is 1.38 bits per heavy atom. The number of nitrogens with two attached hydrogens (primary N) is 1. The monoisotopic (exact) mass is 241 g/mol. The molecule has 0 heterocycles. The van der Waals surface area contributed by atoms with Gasteiger partial charge in [0.2, 0.25) is 0 Å². The summed E-state index contributed by atoms with van der Waals surface area (Å²) in [5, 5.41) is 1.06. The van der Waals surface area contributed by atoms with Gasteiger partial charge in [-0.25, -0.2) is 0 Å². The maximum absolute atomic E-state index is 5.85. The molecule has 1 aromatic rings. The fraction of sp³-hybridized carbons (Fsp3) is 0.250. The van der Waals surface area contributed by atoms with Crippen LogP contribution in [0.4, 0.5) is 0 Å². The Kier molecular flexibility index (Phi) is 5.49. The minimum Gasteiger partial charge on any atom is -0.495 e. The predicted octanol–water partition coefficient (Wildman–Crippen LogP) is 2.88. The Morgan fingerprint density at radius 2 is 2.00 bits per heavy atom. The van der Waals surface area contributed by atoms with E-state index in [2.05, 4.69) is 0 Å². The first-order valence-corrected chi connectivity index (χ1v) is 4.16. The Bertz CT molecular complexity index is 291. The third-order valence-electron chi connectivity index (χ3n) is 1.51. The van der Waals surface area contributed by atoms with Crippen LogP contribution in [0.5, 0.6) is 5.75 Å². The van der Waals surface area contributed by atoms with Gasteiger partial charge in [0.25, 0.3) is 0 Å². The largest absolute Gasteiger partial charge is 0.495 e. The zero-order valence-electron chi connectivity index (χ0n) is 7.01. The highest BCUT2D eigenvalue weighted by atomic mass is 35.5. The van der Waals surface area contributed by atoms with Crippen LogP contribution in [0.1, 0.15) is 5.56 Å². The molecule has 0 spiro atoms. The first-order valence-electron chi connectivity index (χ1n) is 3.41. The van der Waals surface area contributed by atoms with Crippen LogP contribution < -0.4 is 10.5 Å². The maximum Gasteiger partial charge on any atom is 0.142 e.